The highest BCUT2D eigenvalue weighted by Crippen LogP contribution is 2.35. The lowest BCUT2D eigenvalue weighted by molar-refractivity contribution is -0.144. The minimum Gasteiger partial charge on any atom is -0.479 e. The highest BCUT2D eigenvalue weighted by Gasteiger charge is 2.38. The average molecular weight is 679 g/mol. The van der Waals surface area contributed by atoms with Crippen LogP contribution in [0.1, 0.15) is 22.8 Å². The number of allylic oxidation sites excluding steroid dienone is 2. The number of rotatable bonds is 7. The summed E-state index contributed by atoms with van der Waals surface area (Å²) in [6.45, 7) is 1.30. The SMILES string of the molecule is C[C@@](NC(=O)c1ccc(I)cc1NS(=O)(=O)C1=CC=CN2SNC=C12)(C(=O)O)c1ccc(Cl)c(Cl)c1. The summed E-state index contributed by atoms with van der Waals surface area (Å²) in [5.74, 6) is -2.16. The van der Waals surface area contributed by atoms with E-state index >= 15 is 0 Å². The molecule has 0 aliphatic carbocycles. The Kier molecular flexibility index (Phi) is 7.53. The van der Waals surface area contributed by atoms with E-state index in [1.165, 1.54) is 55.5 Å². The number of aliphatic carboxylic acids is 1. The van der Waals surface area contributed by atoms with Crippen molar-refractivity contribution in [3.63, 3.8) is 0 Å². The maximum Gasteiger partial charge on any atom is 0.333 e. The minimum absolute atomic E-state index is 0.00102. The van der Waals surface area contributed by atoms with Crippen molar-refractivity contribution in [2.75, 3.05) is 4.72 Å². The quantitative estimate of drug-likeness (QED) is 0.243. The molecule has 0 radical (unpaired) electrons. The van der Waals surface area contributed by atoms with Crippen LogP contribution in [-0.2, 0) is 20.4 Å². The monoisotopic (exact) mass is 678 g/mol. The van der Waals surface area contributed by atoms with Crippen molar-refractivity contribution < 1.29 is 23.1 Å². The number of amides is 1. The van der Waals surface area contributed by atoms with E-state index in [1.807, 2.05) is 22.6 Å². The van der Waals surface area contributed by atoms with Gasteiger partial charge >= 0.3 is 5.97 Å². The Morgan fingerprint density at radius 2 is 1.92 bits per heavy atom. The molecule has 0 spiro atoms. The van der Waals surface area contributed by atoms with E-state index in [1.54, 1.807) is 28.8 Å². The number of anilines is 1. The smallest absolute Gasteiger partial charge is 0.333 e. The summed E-state index contributed by atoms with van der Waals surface area (Å²) < 4.78 is 34.3. The molecule has 0 aromatic heterocycles. The molecular weight excluding hydrogens is 662 g/mol. The molecule has 0 saturated heterocycles. The number of carbonyl (C=O) groups excluding carboxylic acids is 1. The third-order valence-electron chi connectivity index (χ3n) is 5.35. The molecule has 4 rings (SSSR count). The zero-order chi connectivity index (χ0) is 26.3. The molecule has 2 aliphatic rings. The fraction of sp³-hybridized carbons (Fsp3) is 0.0909. The van der Waals surface area contributed by atoms with Crippen LogP contribution in [-0.4, -0.2) is 29.7 Å². The maximum absolute atomic E-state index is 13.3. The van der Waals surface area contributed by atoms with Gasteiger partial charge in [-0.3, -0.25) is 13.8 Å². The normalized spacial score (nSPS) is 16.3. The van der Waals surface area contributed by atoms with Gasteiger partial charge in [-0.25, -0.2) is 13.2 Å². The van der Waals surface area contributed by atoms with Crippen molar-refractivity contribution in [1.29, 1.82) is 0 Å². The zero-order valence-electron chi connectivity index (χ0n) is 18.3. The third kappa shape index (κ3) is 5.18. The molecule has 2 aliphatic heterocycles. The van der Waals surface area contributed by atoms with Gasteiger partial charge in [-0.15, -0.1) is 0 Å². The van der Waals surface area contributed by atoms with Crippen LogP contribution in [0.3, 0.4) is 0 Å². The highest BCUT2D eigenvalue weighted by molar-refractivity contribution is 14.1. The van der Waals surface area contributed by atoms with Gasteiger partial charge in [-0.1, -0.05) is 29.3 Å². The molecule has 9 nitrogen and oxygen atoms in total. The van der Waals surface area contributed by atoms with Gasteiger partial charge in [0.25, 0.3) is 15.9 Å². The van der Waals surface area contributed by atoms with Gasteiger partial charge in [0.05, 0.1) is 39.1 Å². The van der Waals surface area contributed by atoms with E-state index in [9.17, 15) is 23.1 Å². The van der Waals surface area contributed by atoms with Crippen LogP contribution in [0.15, 0.2) is 71.6 Å². The van der Waals surface area contributed by atoms with Crippen molar-refractivity contribution in [1.82, 2.24) is 14.3 Å². The molecular formula is C22H17Cl2IN4O5S2. The number of benzene rings is 2. The molecule has 1 atom stereocenters. The molecule has 36 heavy (non-hydrogen) atoms. The second-order valence-corrected chi connectivity index (χ2v) is 12.3. The number of hydrogen-bond donors (Lipinski definition) is 4. The fourth-order valence-electron chi connectivity index (χ4n) is 3.41. The number of carbonyl (C=O) groups is 2. The van der Waals surface area contributed by atoms with Crippen LogP contribution < -0.4 is 14.8 Å². The average Bonchev–Trinajstić information content (AvgIpc) is 3.29. The van der Waals surface area contributed by atoms with Crippen LogP contribution >= 0.6 is 57.9 Å². The van der Waals surface area contributed by atoms with E-state index < -0.39 is 27.4 Å². The van der Waals surface area contributed by atoms with Gasteiger partial charge in [0.1, 0.15) is 4.91 Å². The summed E-state index contributed by atoms with van der Waals surface area (Å²) in [7, 11) is -4.12. The zero-order valence-corrected chi connectivity index (χ0v) is 23.6. The molecule has 1 amide bonds. The predicted molar refractivity (Wildman–Crippen MR) is 148 cm³/mol. The lowest BCUT2D eigenvalue weighted by Crippen LogP contribution is -2.49. The topological polar surface area (TPSA) is 128 Å². The molecule has 4 N–H and O–H groups in total. The minimum atomic E-state index is -4.12. The Bertz CT molecular complexity index is 1480. The summed E-state index contributed by atoms with van der Waals surface area (Å²) in [4.78, 5) is 25.6. The van der Waals surface area contributed by atoms with Gasteiger partial charge in [0.2, 0.25) is 0 Å². The first-order valence-corrected chi connectivity index (χ1v) is 14.2. The van der Waals surface area contributed by atoms with E-state index in [4.69, 9.17) is 23.2 Å². The maximum atomic E-state index is 13.3. The molecule has 0 saturated carbocycles. The molecule has 0 unspecified atom stereocenters. The Hall–Kier alpha value is -2.39. The van der Waals surface area contributed by atoms with Crippen molar-refractivity contribution in [2.45, 2.75) is 12.5 Å². The van der Waals surface area contributed by atoms with Crippen LogP contribution in [0.2, 0.25) is 10.0 Å². The second kappa shape index (κ2) is 10.2. The van der Waals surface area contributed by atoms with E-state index in [0.717, 1.165) is 0 Å². The number of carboxylic acid groups (broad SMARTS) is 1. The van der Waals surface area contributed by atoms with Gasteiger partial charge < -0.3 is 15.1 Å². The number of carboxylic acids is 1. The van der Waals surface area contributed by atoms with Gasteiger partial charge in [-0.2, -0.15) is 0 Å². The number of hydrogen-bond acceptors (Lipinski definition) is 7. The number of sulfonamides is 1. The first kappa shape index (κ1) is 26.7. The first-order chi connectivity index (χ1) is 16.9. The number of nitrogens with one attached hydrogen (secondary N) is 3. The van der Waals surface area contributed by atoms with Crippen molar-refractivity contribution in [3.8, 4) is 0 Å². The predicted octanol–water partition coefficient (Wildman–Crippen LogP) is 4.79. The van der Waals surface area contributed by atoms with Crippen molar-refractivity contribution in [3.05, 3.63) is 96.3 Å². The molecule has 0 bridgehead atoms. The molecule has 188 valence electrons. The number of fused-ring (bicyclic) bond motifs is 1. The first-order valence-electron chi connectivity index (χ1n) is 10.1. The van der Waals surface area contributed by atoms with E-state index in [2.05, 4.69) is 14.8 Å². The summed E-state index contributed by atoms with van der Waals surface area (Å²) >= 11 is 15.2. The lowest BCUT2D eigenvalue weighted by Gasteiger charge is -2.28. The van der Waals surface area contributed by atoms with Crippen molar-refractivity contribution in [2.24, 2.45) is 0 Å². The Morgan fingerprint density at radius 3 is 2.61 bits per heavy atom. The van der Waals surface area contributed by atoms with Crippen LogP contribution in [0, 0.1) is 3.57 Å². The number of nitrogens with zero attached hydrogens (tertiary/aromatic N) is 1. The number of halogens is 3. The third-order valence-corrected chi connectivity index (χ3v) is 8.92. The Morgan fingerprint density at radius 1 is 1.17 bits per heavy atom. The summed E-state index contributed by atoms with van der Waals surface area (Å²) in [5, 5.41) is 12.8. The molecule has 14 heteroatoms. The molecule has 0 fully saturated rings. The van der Waals surface area contributed by atoms with E-state index in [-0.39, 0.29) is 31.8 Å². The Labute approximate surface area is 235 Å². The van der Waals surface area contributed by atoms with Gasteiger partial charge in [-0.05, 0) is 77.6 Å². The van der Waals surface area contributed by atoms with Gasteiger partial charge in [0.15, 0.2) is 5.54 Å². The second-order valence-electron chi connectivity index (χ2n) is 7.75. The Balaban J connectivity index is 1.68. The lowest BCUT2D eigenvalue weighted by atomic mass is 9.91. The summed E-state index contributed by atoms with van der Waals surface area (Å²) in [5.41, 5.74) is -1.36. The summed E-state index contributed by atoms with van der Waals surface area (Å²) in [6, 6.07) is 8.73. The molecule has 2 heterocycles. The van der Waals surface area contributed by atoms with Crippen LogP contribution in [0.25, 0.3) is 0 Å². The highest BCUT2D eigenvalue weighted by atomic mass is 127. The van der Waals surface area contributed by atoms with Crippen LogP contribution in [0.4, 0.5) is 5.69 Å². The molecule has 2 aromatic carbocycles. The largest absolute Gasteiger partial charge is 0.479 e. The summed E-state index contributed by atoms with van der Waals surface area (Å²) in [6.07, 6.45) is 6.29. The standard InChI is InChI=1S/C22H17Cl2IN4O5S2/c1-22(21(31)32,12-4-7-15(23)16(24)9-12)27-20(30)14-6-5-13(25)10-17(14)28-36(33,34)19-3-2-8-29-18(19)11-26-35-29/h2-11,26,28H,1H3,(H,27,30)(H,31,32)/t22-/m0/s1. The van der Waals surface area contributed by atoms with Crippen molar-refractivity contribution >= 4 is 85.5 Å². The van der Waals surface area contributed by atoms with Gasteiger partial charge in [0, 0.05) is 16.0 Å². The molecule has 2 aromatic rings. The van der Waals surface area contributed by atoms with Crippen LogP contribution in [0.5, 0.6) is 0 Å². The van der Waals surface area contributed by atoms with E-state index in [0.29, 0.717) is 9.27 Å². The fourth-order valence-corrected chi connectivity index (χ4v) is 6.18.